The molecule has 0 unspecified atom stereocenters. The molecule has 3 aromatic rings. The third-order valence-corrected chi connectivity index (χ3v) is 2.54. The van der Waals surface area contributed by atoms with Crippen molar-refractivity contribution >= 4 is 23.4 Å². The highest BCUT2D eigenvalue weighted by Crippen LogP contribution is 2.19. The van der Waals surface area contributed by atoms with Crippen LogP contribution in [0, 0.1) is 6.92 Å². The summed E-state index contributed by atoms with van der Waals surface area (Å²) in [5, 5.41) is 0. The fourth-order valence-electron chi connectivity index (χ4n) is 1.75. The van der Waals surface area contributed by atoms with Crippen LogP contribution in [0.1, 0.15) is 5.56 Å². The van der Waals surface area contributed by atoms with Crippen LogP contribution < -0.4 is 0 Å². The Balaban J connectivity index is 0.00000108. The molecule has 3 rings (SSSR count). The first-order chi connectivity index (χ1) is 7.83. The number of aryl methyl sites for hydroxylation is 1. The van der Waals surface area contributed by atoms with E-state index in [-0.39, 0.29) is 12.4 Å². The number of aromatic nitrogens is 3. The average molecular weight is 246 g/mol. The standard InChI is InChI=1S/C13H11N3.ClH/c1-9-5-6-10-12(8-9)16-13(15-10)11-4-2-3-7-14-11;/h2-8H,1H3,(H,15,16);1H. The number of pyridine rings is 1. The van der Waals surface area contributed by atoms with Gasteiger partial charge in [-0.1, -0.05) is 12.1 Å². The van der Waals surface area contributed by atoms with Crippen molar-refractivity contribution in [1.82, 2.24) is 15.0 Å². The van der Waals surface area contributed by atoms with Crippen LogP contribution in [-0.4, -0.2) is 15.0 Å². The maximum absolute atomic E-state index is 4.51. The molecule has 0 aliphatic heterocycles. The number of H-pyrrole nitrogens is 1. The highest BCUT2D eigenvalue weighted by molar-refractivity contribution is 5.85. The van der Waals surface area contributed by atoms with E-state index in [1.54, 1.807) is 6.20 Å². The summed E-state index contributed by atoms with van der Waals surface area (Å²) in [6, 6.07) is 12.0. The molecule has 2 aromatic heterocycles. The van der Waals surface area contributed by atoms with Crippen molar-refractivity contribution in [3.8, 4) is 11.5 Å². The van der Waals surface area contributed by atoms with Gasteiger partial charge in [-0.15, -0.1) is 12.4 Å². The molecular formula is C13H12ClN3. The number of fused-ring (bicyclic) bond motifs is 1. The van der Waals surface area contributed by atoms with Crippen molar-refractivity contribution in [3.05, 3.63) is 48.2 Å². The number of benzene rings is 1. The molecular weight excluding hydrogens is 234 g/mol. The number of aromatic amines is 1. The zero-order valence-corrected chi connectivity index (χ0v) is 10.2. The van der Waals surface area contributed by atoms with Crippen LogP contribution >= 0.6 is 12.4 Å². The van der Waals surface area contributed by atoms with Crippen LogP contribution in [0.4, 0.5) is 0 Å². The molecule has 2 heterocycles. The first kappa shape index (κ1) is 11.6. The Hall–Kier alpha value is -1.87. The molecule has 0 bridgehead atoms. The highest BCUT2D eigenvalue weighted by atomic mass is 35.5. The zero-order valence-electron chi connectivity index (χ0n) is 9.34. The lowest BCUT2D eigenvalue weighted by Gasteiger charge is -1.92. The van der Waals surface area contributed by atoms with Crippen LogP contribution in [0.15, 0.2) is 42.6 Å². The van der Waals surface area contributed by atoms with Gasteiger partial charge in [0.25, 0.3) is 0 Å². The Kier molecular flexibility index (Phi) is 3.11. The average Bonchev–Trinajstić information content (AvgIpc) is 2.73. The fourth-order valence-corrected chi connectivity index (χ4v) is 1.75. The van der Waals surface area contributed by atoms with E-state index in [1.807, 2.05) is 24.3 Å². The lowest BCUT2D eigenvalue weighted by Crippen LogP contribution is -1.82. The van der Waals surface area contributed by atoms with E-state index in [2.05, 4.69) is 34.0 Å². The molecule has 1 aromatic carbocycles. The van der Waals surface area contributed by atoms with Crippen molar-refractivity contribution in [2.45, 2.75) is 6.92 Å². The van der Waals surface area contributed by atoms with Gasteiger partial charge < -0.3 is 4.98 Å². The third kappa shape index (κ3) is 2.15. The molecule has 0 atom stereocenters. The van der Waals surface area contributed by atoms with Crippen LogP contribution in [0.2, 0.25) is 0 Å². The van der Waals surface area contributed by atoms with E-state index in [0.717, 1.165) is 22.6 Å². The van der Waals surface area contributed by atoms with Crippen LogP contribution in [0.5, 0.6) is 0 Å². The monoisotopic (exact) mass is 245 g/mol. The Morgan fingerprint density at radius 1 is 1.12 bits per heavy atom. The maximum atomic E-state index is 4.51. The van der Waals surface area contributed by atoms with E-state index in [0.29, 0.717) is 0 Å². The number of hydrogen-bond donors (Lipinski definition) is 1. The molecule has 0 saturated heterocycles. The lowest BCUT2D eigenvalue weighted by atomic mass is 10.2. The van der Waals surface area contributed by atoms with Crippen molar-refractivity contribution in [1.29, 1.82) is 0 Å². The van der Waals surface area contributed by atoms with Crippen LogP contribution in [0.3, 0.4) is 0 Å². The largest absolute Gasteiger partial charge is 0.337 e. The van der Waals surface area contributed by atoms with Gasteiger partial charge in [0.2, 0.25) is 0 Å². The zero-order chi connectivity index (χ0) is 11.0. The number of halogens is 1. The second-order valence-electron chi connectivity index (χ2n) is 3.82. The van der Waals surface area contributed by atoms with Gasteiger partial charge in [0.1, 0.15) is 5.69 Å². The van der Waals surface area contributed by atoms with Crippen LogP contribution in [-0.2, 0) is 0 Å². The molecule has 0 radical (unpaired) electrons. The summed E-state index contributed by atoms with van der Waals surface area (Å²) >= 11 is 0. The van der Waals surface area contributed by atoms with Gasteiger partial charge in [0.15, 0.2) is 5.82 Å². The molecule has 0 amide bonds. The predicted molar refractivity (Wildman–Crippen MR) is 71.3 cm³/mol. The van der Waals surface area contributed by atoms with Gasteiger partial charge in [-0.3, -0.25) is 4.98 Å². The van der Waals surface area contributed by atoms with Crippen molar-refractivity contribution in [2.24, 2.45) is 0 Å². The molecule has 86 valence electrons. The first-order valence-corrected chi connectivity index (χ1v) is 5.21. The number of nitrogens with one attached hydrogen (secondary N) is 1. The summed E-state index contributed by atoms with van der Waals surface area (Å²) in [7, 11) is 0. The summed E-state index contributed by atoms with van der Waals surface area (Å²) in [5.74, 6) is 0.821. The van der Waals surface area contributed by atoms with Crippen LogP contribution in [0.25, 0.3) is 22.6 Å². The summed E-state index contributed by atoms with van der Waals surface area (Å²) in [6.45, 7) is 2.07. The Morgan fingerprint density at radius 2 is 2.00 bits per heavy atom. The normalized spacial score (nSPS) is 10.2. The minimum Gasteiger partial charge on any atom is -0.337 e. The predicted octanol–water partition coefficient (Wildman–Crippen LogP) is 3.36. The Labute approximate surface area is 105 Å². The van der Waals surface area contributed by atoms with E-state index < -0.39 is 0 Å². The van der Waals surface area contributed by atoms with Crippen molar-refractivity contribution in [2.75, 3.05) is 0 Å². The fraction of sp³-hybridized carbons (Fsp3) is 0.0769. The number of hydrogen-bond acceptors (Lipinski definition) is 2. The molecule has 1 N–H and O–H groups in total. The smallest absolute Gasteiger partial charge is 0.157 e. The van der Waals surface area contributed by atoms with Gasteiger partial charge in [-0.2, -0.15) is 0 Å². The topological polar surface area (TPSA) is 41.6 Å². The van der Waals surface area contributed by atoms with Crippen molar-refractivity contribution < 1.29 is 0 Å². The highest BCUT2D eigenvalue weighted by Gasteiger charge is 2.05. The molecule has 0 aliphatic carbocycles. The molecule has 17 heavy (non-hydrogen) atoms. The summed E-state index contributed by atoms with van der Waals surface area (Å²) in [6.07, 6.45) is 1.77. The second kappa shape index (κ2) is 4.55. The number of imidazole rings is 1. The number of nitrogens with zero attached hydrogens (tertiary/aromatic N) is 2. The minimum absolute atomic E-state index is 0. The second-order valence-corrected chi connectivity index (χ2v) is 3.82. The van der Waals surface area contributed by atoms with Gasteiger partial charge in [-0.25, -0.2) is 4.98 Å². The first-order valence-electron chi connectivity index (χ1n) is 5.21. The molecule has 0 saturated carbocycles. The van der Waals surface area contributed by atoms with E-state index >= 15 is 0 Å². The molecule has 0 spiro atoms. The third-order valence-electron chi connectivity index (χ3n) is 2.54. The maximum Gasteiger partial charge on any atom is 0.157 e. The Morgan fingerprint density at radius 3 is 2.76 bits per heavy atom. The Bertz CT molecular complexity index is 631. The lowest BCUT2D eigenvalue weighted by molar-refractivity contribution is 1.24. The van der Waals surface area contributed by atoms with Gasteiger partial charge in [-0.05, 0) is 36.8 Å². The quantitative estimate of drug-likeness (QED) is 0.714. The minimum atomic E-state index is 0. The molecule has 4 heteroatoms. The van der Waals surface area contributed by atoms with Gasteiger partial charge >= 0.3 is 0 Å². The van der Waals surface area contributed by atoms with Gasteiger partial charge in [0.05, 0.1) is 11.0 Å². The SMILES string of the molecule is Cc1ccc2nc(-c3ccccn3)[nH]c2c1.Cl. The summed E-state index contributed by atoms with van der Waals surface area (Å²) in [5.41, 5.74) is 4.13. The van der Waals surface area contributed by atoms with Crippen molar-refractivity contribution in [3.63, 3.8) is 0 Å². The molecule has 3 nitrogen and oxygen atoms in total. The van der Waals surface area contributed by atoms with Gasteiger partial charge in [0, 0.05) is 6.20 Å². The number of rotatable bonds is 1. The van der Waals surface area contributed by atoms with E-state index in [4.69, 9.17) is 0 Å². The summed E-state index contributed by atoms with van der Waals surface area (Å²) in [4.78, 5) is 12.1. The molecule has 0 fully saturated rings. The van der Waals surface area contributed by atoms with E-state index in [1.165, 1.54) is 5.56 Å². The summed E-state index contributed by atoms with van der Waals surface area (Å²) < 4.78 is 0. The molecule has 0 aliphatic rings. The van der Waals surface area contributed by atoms with E-state index in [9.17, 15) is 0 Å².